The molecular weight excluding hydrogens is 276 g/mol. The Kier molecular flexibility index (Phi) is 4.12. The molecule has 0 unspecified atom stereocenters. The SMILES string of the molecule is Cn1cnnc1CCNC(=O)c1ccc([N+](=O)[O-])c(N)c1. The maximum absolute atomic E-state index is 11.9. The summed E-state index contributed by atoms with van der Waals surface area (Å²) in [5, 5.41) is 21.0. The van der Waals surface area contributed by atoms with Crippen LogP contribution >= 0.6 is 0 Å². The van der Waals surface area contributed by atoms with Crippen LogP contribution in [0.5, 0.6) is 0 Å². The van der Waals surface area contributed by atoms with E-state index in [-0.39, 0.29) is 22.8 Å². The van der Waals surface area contributed by atoms with Crippen molar-refractivity contribution in [3.8, 4) is 0 Å². The van der Waals surface area contributed by atoms with E-state index < -0.39 is 4.92 Å². The summed E-state index contributed by atoms with van der Waals surface area (Å²) < 4.78 is 1.76. The number of nitro groups is 1. The quantitative estimate of drug-likeness (QED) is 0.462. The monoisotopic (exact) mass is 290 g/mol. The Balaban J connectivity index is 1.96. The highest BCUT2D eigenvalue weighted by atomic mass is 16.6. The van der Waals surface area contributed by atoms with E-state index >= 15 is 0 Å². The number of nitrogens with two attached hydrogens (primary N) is 1. The molecule has 1 aromatic heterocycles. The number of hydrogen-bond acceptors (Lipinski definition) is 6. The lowest BCUT2D eigenvalue weighted by atomic mass is 10.1. The fraction of sp³-hybridized carbons (Fsp3) is 0.250. The van der Waals surface area contributed by atoms with Gasteiger partial charge in [-0.3, -0.25) is 14.9 Å². The summed E-state index contributed by atoms with van der Waals surface area (Å²) in [4.78, 5) is 22.0. The molecule has 2 rings (SSSR count). The lowest BCUT2D eigenvalue weighted by Gasteiger charge is -2.06. The van der Waals surface area contributed by atoms with Crippen molar-refractivity contribution in [3.63, 3.8) is 0 Å². The molecule has 21 heavy (non-hydrogen) atoms. The number of anilines is 1. The second-order valence-corrected chi connectivity index (χ2v) is 4.39. The first-order chi connectivity index (χ1) is 9.99. The first-order valence-corrected chi connectivity index (χ1v) is 6.14. The van der Waals surface area contributed by atoms with Crippen LogP contribution in [0.15, 0.2) is 24.5 Å². The molecule has 2 aromatic rings. The minimum Gasteiger partial charge on any atom is -0.393 e. The van der Waals surface area contributed by atoms with Crippen molar-refractivity contribution < 1.29 is 9.72 Å². The van der Waals surface area contributed by atoms with E-state index in [1.165, 1.54) is 18.2 Å². The van der Waals surface area contributed by atoms with E-state index in [0.717, 1.165) is 5.82 Å². The number of hydrogen-bond donors (Lipinski definition) is 2. The molecule has 110 valence electrons. The van der Waals surface area contributed by atoms with E-state index in [1.807, 2.05) is 7.05 Å². The van der Waals surface area contributed by atoms with Crippen LogP contribution in [-0.2, 0) is 13.5 Å². The summed E-state index contributed by atoms with van der Waals surface area (Å²) in [6.07, 6.45) is 2.11. The van der Waals surface area contributed by atoms with Gasteiger partial charge in [-0.2, -0.15) is 0 Å². The molecule has 1 amide bonds. The Bertz CT molecular complexity index is 681. The fourth-order valence-corrected chi connectivity index (χ4v) is 1.79. The van der Waals surface area contributed by atoms with Crippen molar-refractivity contribution in [3.05, 3.63) is 46.0 Å². The molecule has 0 radical (unpaired) electrons. The summed E-state index contributed by atoms with van der Waals surface area (Å²) >= 11 is 0. The zero-order chi connectivity index (χ0) is 15.4. The molecule has 1 aromatic carbocycles. The Hall–Kier alpha value is -2.97. The number of benzene rings is 1. The number of carbonyl (C=O) groups is 1. The highest BCUT2D eigenvalue weighted by molar-refractivity contribution is 5.95. The van der Waals surface area contributed by atoms with Crippen LogP contribution in [0.4, 0.5) is 11.4 Å². The molecule has 0 saturated carbocycles. The molecule has 0 aliphatic heterocycles. The summed E-state index contributed by atoms with van der Waals surface area (Å²) in [6, 6.07) is 3.87. The number of nitrogen functional groups attached to an aromatic ring is 1. The van der Waals surface area contributed by atoms with Crippen LogP contribution in [0, 0.1) is 10.1 Å². The zero-order valence-corrected chi connectivity index (χ0v) is 11.3. The number of nitrogens with zero attached hydrogens (tertiary/aromatic N) is 4. The van der Waals surface area contributed by atoms with Gasteiger partial charge >= 0.3 is 0 Å². The van der Waals surface area contributed by atoms with Crippen molar-refractivity contribution in [2.24, 2.45) is 7.05 Å². The number of carbonyl (C=O) groups excluding carboxylic acids is 1. The van der Waals surface area contributed by atoms with Crippen molar-refractivity contribution in [1.29, 1.82) is 0 Å². The van der Waals surface area contributed by atoms with Crippen LogP contribution in [0.1, 0.15) is 16.2 Å². The summed E-state index contributed by atoms with van der Waals surface area (Å²) in [5.41, 5.74) is 5.56. The summed E-state index contributed by atoms with van der Waals surface area (Å²) in [5.74, 6) is 0.400. The average molecular weight is 290 g/mol. The standard InChI is InChI=1S/C12H14N6O3/c1-17-7-15-16-11(17)4-5-14-12(19)8-2-3-10(18(20)21)9(13)6-8/h2-3,6-7H,4-5,13H2,1H3,(H,14,19). The number of nitro benzene ring substituents is 1. The zero-order valence-electron chi connectivity index (χ0n) is 11.3. The molecule has 0 saturated heterocycles. The number of aromatic nitrogens is 3. The van der Waals surface area contributed by atoms with Gasteiger partial charge in [0.15, 0.2) is 0 Å². The molecule has 3 N–H and O–H groups in total. The van der Waals surface area contributed by atoms with Gasteiger partial charge in [0.05, 0.1) is 4.92 Å². The minimum absolute atomic E-state index is 0.0408. The van der Waals surface area contributed by atoms with E-state index in [0.29, 0.717) is 13.0 Å². The molecule has 0 bridgehead atoms. The second kappa shape index (κ2) is 5.99. The van der Waals surface area contributed by atoms with Crippen LogP contribution in [0.2, 0.25) is 0 Å². The van der Waals surface area contributed by atoms with E-state index in [9.17, 15) is 14.9 Å². The van der Waals surface area contributed by atoms with Gasteiger partial charge in [-0.1, -0.05) is 0 Å². The number of rotatable bonds is 5. The molecule has 0 spiro atoms. The van der Waals surface area contributed by atoms with Crippen LogP contribution in [-0.4, -0.2) is 32.1 Å². The third-order valence-electron chi connectivity index (χ3n) is 2.93. The van der Waals surface area contributed by atoms with Gasteiger partial charge < -0.3 is 15.6 Å². The number of amides is 1. The van der Waals surface area contributed by atoms with Gasteiger partial charge in [-0.25, -0.2) is 0 Å². The molecule has 9 nitrogen and oxygen atoms in total. The predicted octanol–water partition coefficient (Wildman–Crippen LogP) is 0.278. The predicted molar refractivity (Wildman–Crippen MR) is 74.5 cm³/mol. The third kappa shape index (κ3) is 3.32. The second-order valence-electron chi connectivity index (χ2n) is 4.39. The average Bonchev–Trinajstić information content (AvgIpc) is 2.83. The van der Waals surface area contributed by atoms with Crippen molar-refractivity contribution in [2.75, 3.05) is 12.3 Å². The van der Waals surface area contributed by atoms with Crippen LogP contribution < -0.4 is 11.1 Å². The van der Waals surface area contributed by atoms with E-state index in [1.54, 1.807) is 10.9 Å². The van der Waals surface area contributed by atoms with Gasteiger partial charge in [0, 0.05) is 31.6 Å². The smallest absolute Gasteiger partial charge is 0.292 e. The summed E-state index contributed by atoms with van der Waals surface area (Å²) in [7, 11) is 1.81. The number of nitrogens with one attached hydrogen (secondary N) is 1. The fourth-order valence-electron chi connectivity index (χ4n) is 1.79. The minimum atomic E-state index is -0.592. The maximum Gasteiger partial charge on any atom is 0.292 e. The molecular formula is C12H14N6O3. The number of aryl methyl sites for hydroxylation is 1. The van der Waals surface area contributed by atoms with Gasteiger partial charge in [0.1, 0.15) is 17.8 Å². The molecule has 0 atom stereocenters. The van der Waals surface area contributed by atoms with Crippen LogP contribution in [0.3, 0.4) is 0 Å². The first kappa shape index (κ1) is 14.4. The molecule has 0 aliphatic carbocycles. The summed E-state index contributed by atoms with van der Waals surface area (Å²) in [6.45, 7) is 0.377. The van der Waals surface area contributed by atoms with Crippen LogP contribution in [0.25, 0.3) is 0 Å². The Labute approximate surface area is 119 Å². The highest BCUT2D eigenvalue weighted by Gasteiger charge is 2.14. The van der Waals surface area contributed by atoms with Crippen molar-refractivity contribution >= 4 is 17.3 Å². The first-order valence-electron chi connectivity index (χ1n) is 6.14. The third-order valence-corrected chi connectivity index (χ3v) is 2.93. The maximum atomic E-state index is 11.9. The molecule has 9 heteroatoms. The Morgan fingerprint density at radius 3 is 2.86 bits per heavy atom. The molecule has 0 aliphatic rings. The van der Waals surface area contributed by atoms with Gasteiger partial charge in [-0.15, -0.1) is 10.2 Å². The molecule has 1 heterocycles. The highest BCUT2D eigenvalue weighted by Crippen LogP contribution is 2.21. The largest absolute Gasteiger partial charge is 0.393 e. The van der Waals surface area contributed by atoms with E-state index in [2.05, 4.69) is 15.5 Å². The van der Waals surface area contributed by atoms with Gasteiger partial charge in [0.25, 0.3) is 11.6 Å². The van der Waals surface area contributed by atoms with Gasteiger partial charge in [0.2, 0.25) is 0 Å². The van der Waals surface area contributed by atoms with Crippen molar-refractivity contribution in [1.82, 2.24) is 20.1 Å². The Morgan fingerprint density at radius 2 is 2.29 bits per heavy atom. The van der Waals surface area contributed by atoms with Gasteiger partial charge in [-0.05, 0) is 12.1 Å². The Morgan fingerprint density at radius 1 is 1.52 bits per heavy atom. The normalized spacial score (nSPS) is 10.3. The topological polar surface area (TPSA) is 129 Å². The van der Waals surface area contributed by atoms with Crippen molar-refractivity contribution in [2.45, 2.75) is 6.42 Å². The molecule has 0 fully saturated rings. The lowest BCUT2D eigenvalue weighted by Crippen LogP contribution is -2.26. The van der Waals surface area contributed by atoms with E-state index in [4.69, 9.17) is 5.73 Å². The lowest BCUT2D eigenvalue weighted by molar-refractivity contribution is -0.383.